The van der Waals surface area contributed by atoms with E-state index in [-0.39, 0.29) is 25.5 Å². The number of rotatable bonds is 9. The van der Waals surface area contributed by atoms with Gasteiger partial charge in [-0.25, -0.2) is 0 Å². The van der Waals surface area contributed by atoms with Crippen LogP contribution in [-0.2, 0) is 16.1 Å². The first-order valence-electron chi connectivity index (χ1n) is 8.99. The molecule has 3 rings (SSSR count). The lowest BCUT2D eigenvalue weighted by Gasteiger charge is -2.07. The predicted octanol–water partition coefficient (Wildman–Crippen LogP) is 3.57. The van der Waals surface area contributed by atoms with Gasteiger partial charge in [-0.05, 0) is 36.8 Å². The van der Waals surface area contributed by atoms with Gasteiger partial charge in [-0.3, -0.25) is 4.79 Å². The first-order chi connectivity index (χ1) is 14.1. The average molecular weight is 398 g/mol. The van der Waals surface area contributed by atoms with Gasteiger partial charge in [0.1, 0.15) is 17.2 Å². The highest BCUT2D eigenvalue weighted by atomic mass is 16.6. The molecule has 0 aliphatic rings. The summed E-state index contributed by atoms with van der Waals surface area (Å²) in [5, 5.41) is 3.92. The number of carbonyl (C=O) groups excluding carboxylic acids is 1. The molecule has 0 fully saturated rings. The van der Waals surface area contributed by atoms with Crippen molar-refractivity contribution in [1.29, 1.82) is 0 Å². The molecule has 0 N–H and O–H groups in total. The fourth-order valence-electron chi connectivity index (χ4n) is 2.58. The maximum atomic E-state index is 11.9. The van der Waals surface area contributed by atoms with E-state index in [0.29, 0.717) is 28.6 Å². The number of aromatic nitrogens is 2. The van der Waals surface area contributed by atoms with Gasteiger partial charge in [-0.2, -0.15) is 4.98 Å². The Kier molecular flexibility index (Phi) is 6.67. The van der Waals surface area contributed by atoms with Gasteiger partial charge in [0.25, 0.3) is 5.89 Å². The normalized spacial score (nSPS) is 10.4. The topological polar surface area (TPSA) is 92.9 Å². The van der Waals surface area contributed by atoms with Gasteiger partial charge < -0.3 is 23.5 Å². The molecule has 0 saturated heterocycles. The molecule has 0 unspecified atom stereocenters. The lowest BCUT2D eigenvalue weighted by molar-refractivity contribution is -0.146. The molecule has 0 amide bonds. The summed E-state index contributed by atoms with van der Waals surface area (Å²) >= 11 is 0. The first-order valence-corrected chi connectivity index (χ1v) is 8.99. The van der Waals surface area contributed by atoms with E-state index in [0.717, 1.165) is 5.56 Å². The standard InChI is InChI=1S/C21H22N2O6/c1-14-5-4-6-16(11-14)27-10-9-20(24)28-13-19-22-21(23-29-19)17-8-7-15(25-2)12-18(17)26-3/h4-8,11-12H,9-10,13H2,1-3H3. The van der Waals surface area contributed by atoms with Crippen LogP contribution in [0.2, 0.25) is 0 Å². The van der Waals surface area contributed by atoms with Crippen molar-refractivity contribution in [3.05, 3.63) is 53.9 Å². The average Bonchev–Trinajstić information content (AvgIpc) is 3.20. The quantitative estimate of drug-likeness (QED) is 0.505. The van der Waals surface area contributed by atoms with Gasteiger partial charge >= 0.3 is 5.97 Å². The second-order valence-corrected chi connectivity index (χ2v) is 6.15. The number of ether oxygens (including phenoxy) is 4. The number of aryl methyl sites for hydroxylation is 1. The fourth-order valence-corrected chi connectivity index (χ4v) is 2.58. The van der Waals surface area contributed by atoms with E-state index in [2.05, 4.69) is 10.1 Å². The zero-order chi connectivity index (χ0) is 20.6. The first kappa shape index (κ1) is 20.2. The Morgan fingerprint density at radius 2 is 1.93 bits per heavy atom. The summed E-state index contributed by atoms with van der Waals surface area (Å²) in [7, 11) is 3.11. The van der Waals surface area contributed by atoms with Gasteiger partial charge in [-0.15, -0.1) is 0 Å². The molecule has 8 heteroatoms. The van der Waals surface area contributed by atoms with Crippen molar-refractivity contribution < 1.29 is 28.3 Å². The maximum absolute atomic E-state index is 11.9. The second-order valence-electron chi connectivity index (χ2n) is 6.15. The van der Waals surface area contributed by atoms with Crippen molar-refractivity contribution in [2.75, 3.05) is 20.8 Å². The highest BCUT2D eigenvalue weighted by Gasteiger charge is 2.15. The molecule has 0 spiro atoms. The zero-order valence-electron chi connectivity index (χ0n) is 16.5. The van der Waals surface area contributed by atoms with Crippen LogP contribution in [0.5, 0.6) is 17.2 Å². The van der Waals surface area contributed by atoms with Gasteiger partial charge in [-0.1, -0.05) is 17.3 Å². The molecule has 152 valence electrons. The van der Waals surface area contributed by atoms with E-state index >= 15 is 0 Å². The van der Waals surface area contributed by atoms with Crippen molar-refractivity contribution in [1.82, 2.24) is 10.1 Å². The van der Waals surface area contributed by atoms with E-state index in [9.17, 15) is 4.79 Å². The summed E-state index contributed by atoms with van der Waals surface area (Å²) in [6, 6.07) is 12.9. The van der Waals surface area contributed by atoms with Crippen molar-refractivity contribution >= 4 is 5.97 Å². The van der Waals surface area contributed by atoms with E-state index < -0.39 is 5.97 Å². The van der Waals surface area contributed by atoms with Crippen LogP contribution >= 0.6 is 0 Å². The minimum atomic E-state index is -0.417. The Morgan fingerprint density at radius 3 is 2.69 bits per heavy atom. The molecule has 0 aliphatic carbocycles. The van der Waals surface area contributed by atoms with E-state index in [1.54, 1.807) is 32.4 Å². The number of hydrogen-bond acceptors (Lipinski definition) is 8. The fraction of sp³-hybridized carbons (Fsp3) is 0.286. The number of carbonyl (C=O) groups is 1. The van der Waals surface area contributed by atoms with E-state index in [4.69, 9.17) is 23.5 Å². The van der Waals surface area contributed by atoms with Crippen LogP contribution in [0.3, 0.4) is 0 Å². The zero-order valence-corrected chi connectivity index (χ0v) is 16.5. The smallest absolute Gasteiger partial charge is 0.309 e. The molecule has 1 heterocycles. The molecule has 0 aliphatic heterocycles. The third-order valence-electron chi connectivity index (χ3n) is 4.04. The van der Waals surface area contributed by atoms with Gasteiger partial charge in [0, 0.05) is 6.07 Å². The van der Waals surface area contributed by atoms with Crippen molar-refractivity contribution in [2.24, 2.45) is 0 Å². The second kappa shape index (κ2) is 9.59. The number of benzene rings is 2. The highest BCUT2D eigenvalue weighted by molar-refractivity contribution is 5.69. The molecular weight excluding hydrogens is 376 g/mol. The summed E-state index contributed by atoms with van der Waals surface area (Å²) in [4.78, 5) is 16.1. The van der Waals surface area contributed by atoms with Crippen molar-refractivity contribution in [3.63, 3.8) is 0 Å². The third-order valence-corrected chi connectivity index (χ3v) is 4.04. The lowest BCUT2D eigenvalue weighted by atomic mass is 10.2. The summed E-state index contributed by atoms with van der Waals surface area (Å²) < 4.78 is 26.4. The van der Waals surface area contributed by atoms with Gasteiger partial charge in [0.05, 0.1) is 32.8 Å². The predicted molar refractivity (Wildman–Crippen MR) is 104 cm³/mol. The summed E-state index contributed by atoms with van der Waals surface area (Å²) in [6.45, 7) is 2.08. The van der Waals surface area contributed by atoms with Crippen LogP contribution < -0.4 is 14.2 Å². The Hall–Kier alpha value is -3.55. The largest absolute Gasteiger partial charge is 0.497 e. The molecule has 3 aromatic rings. The Morgan fingerprint density at radius 1 is 1.07 bits per heavy atom. The van der Waals surface area contributed by atoms with Crippen molar-refractivity contribution in [3.8, 4) is 28.6 Å². The molecule has 0 bridgehead atoms. The van der Waals surface area contributed by atoms with Crippen LogP contribution in [-0.4, -0.2) is 36.9 Å². The van der Waals surface area contributed by atoms with Crippen LogP contribution in [0, 0.1) is 6.92 Å². The Labute approximate surface area is 168 Å². The molecule has 8 nitrogen and oxygen atoms in total. The van der Waals surface area contributed by atoms with E-state index in [1.165, 1.54) is 0 Å². The number of hydrogen-bond donors (Lipinski definition) is 0. The minimum absolute atomic E-state index is 0.112. The van der Waals surface area contributed by atoms with Crippen LogP contribution in [0.15, 0.2) is 47.0 Å². The Bertz CT molecular complexity index is 969. The van der Waals surface area contributed by atoms with Crippen LogP contribution in [0.1, 0.15) is 17.9 Å². The maximum Gasteiger partial charge on any atom is 0.309 e. The molecule has 0 atom stereocenters. The monoisotopic (exact) mass is 398 g/mol. The van der Waals surface area contributed by atoms with E-state index in [1.807, 2.05) is 31.2 Å². The number of methoxy groups -OCH3 is 2. The van der Waals surface area contributed by atoms with Crippen LogP contribution in [0.25, 0.3) is 11.4 Å². The third kappa shape index (κ3) is 5.47. The lowest BCUT2D eigenvalue weighted by Crippen LogP contribution is -2.10. The molecule has 29 heavy (non-hydrogen) atoms. The minimum Gasteiger partial charge on any atom is -0.497 e. The highest BCUT2D eigenvalue weighted by Crippen LogP contribution is 2.31. The van der Waals surface area contributed by atoms with Crippen LogP contribution in [0.4, 0.5) is 0 Å². The molecule has 1 aromatic heterocycles. The number of nitrogens with zero attached hydrogens (tertiary/aromatic N) is 2. The van der Waals surface area contributed by atoms with Crippen molar-refractivity contribution in [2.45, 2.75) is 20.0 Å². The molecular formula is C21H22N2O6. The summed E-state index contributed by atoms with van der Waals surface area (Å²) in [5.41, 5.74) is 1.73. The Balaban J connectivity index is 1.51. The summed E-state index contributed by atoms with van der Waals surface area (Å²) in [6.07, 6.45) is 0.112. The van der Waals surface area contributed by atoms with Gasteiger partial charge in [0.2, 0.25) is 5.82 Å². The summed E-state index contributed by atoms with van der Waals surface area (Å²) in [5.74, 6) is 2.01. The van der Waals surface area contributed by atoms with Gasteiger partial charge in [0.15, 0.2) is 6.61 Å². The molecule has 2 aromatic carbocycles. The molecule has 0 radical (unpaired) electrons. The molecule has 0 saturated carbocycles. The SMILES string of the molecule is COc1ccc(-c2noc(COC(=O)CCOc3cccc(C)c3)n2)c(OC)c1. The number of esters is 1.